The van der Waals surface area contributed by atoms with Crippen molar-refractivity contribution in [3.63, 3.8) is 0 Å². The molecule has 3 rings (SSSR count). The summed E-state index contributed by atoms with van der Waals surface area (Å²) in [4.78, 5) is 1.66. The number of nitriles is 1. The highest BCUT2D eigenvalue weighted by Crippen LogP contribution is 2.31. The van der Waals surface area contributed by atoms with Crippen molar-refractivity contribution in [1.29, 1.82) is 5.26 Å². The van der Waals surface area contributed by atoms with Crippen LogP contribution >= 0.6 is 0 Å². The van der Waals surface area contributed by atoms with Crippen LogP contribution in [0.4, 0.5) is 11.4 Å². The molecule has 0 saturated carbocycles. The van der Waals surface area contributed by atoms with E-state index in [2.05, 4.69) is 18.3 Å². The predicted molar refractivity (Wildman–Crippen MR) is 78.1 cm³/mol. The molecule has 0 N–H and O–H groups in total. The molecule has 0 amide bonds. The van der Waals surface area contributed by atoms with E-state index in [0.29, 0.717) is 0 Å². The summed E-state index contributed by atoms with van der Waals surface area (Å²) in [5.41, 5.74) is 1.79. The topological polar surface area (TPSA) is 27.0 Å². The third-order valence-electron chi connectivity index (χ3n) is 3.12. The molecule has 3 aromatic rings. The smallest absolute Gasteiger partial charge is 0.189 e. The van der Waals surface area contributed by atoms with E-state index in [4.69, 9.17) is 0 Å². The molecular weight excluding hydrogens is 232 g/mol. The Labute approximate surface area is 112 Å². The first-order chi connectivity index (χ1) is 9.40. The first-order valence-electron chi connectivity index (χ1n) is 6.13. The van der Waals surface area contributed by atoms with Crippen molar-refractivity contribution in [3.05, 3.63) is 72.8 Å². The van der Waals surface area contributed by atoms with E-state index in [1.807, 2.05) is 60.7 Å². The Morgan fingerprint density at radius 2 is 1.42 bits per heavy atom. The standard InChI is InChI=1S/C17H12N2/c18-13-19(15-9-2-1-3-10-15)17-12-6-8-14-7-4-5-11-16(14)17/h1-12H. The average Bonchev–Trinajstić information content (AvgIpc) is 2.49. The maximum Gasteiger partial charge on any atom is 0.189 e. The van der Waals surface area contributed by atoms with Gasteiger partial charge in [0.25, 0.3) is 0 Å². The van der Waals surface area contributed by atoms with E-state index < -0.39 is 0 Å². The van der Waals surface area contributed by atoms with Crippen molar-refractivity contribution in [1.82, 2.24) is 0 Å². The first kappa shape index (κ1) is 11.3. The normalized spacial score (nSPS) is 10.1. The van der Waals surface area contributed by atoms with Gasteiger partial charge in [0.1, 0.15) is 0 Å². The van der Waals surface area contributed by atoms with Gasteiger partial charge in [-0.3, -0.25) is 0 Å². The van der Waals surface area contributed by atoms with Gasteiger partial charge >= 0.3 is 0 Å². The Balaban J connectivity index is 2.21. The number of hydrogen-bond donors (Lipinski definition) is 0. The lowest BCUT2D eigenvalue weighted by atomic mass is 10.1. The van der Waals surface area contributed by atoms with Gasteiger partial charge in [0.15, 0.2) is 6.19 Å². The van der Waals surface area contributed by atoms with E-state index >= 15 is 0 Å². The zero-order chi connectivity index (χ0) is 13.1. The molecule has 0 aliphatic rings. The Bertz CT molecular complexity index is 737. The van der Waals surface area contributed by atoms with Crippen LogP contribution in [-0.2, 0) is 0 Å². The Morgan fingerprint density at radius 3 is 2.21 bits per heavy atom. The van der Waals surface area contributed by atoms with Crippen LogP contribution in [-0.4, -0.2) is 0 Å². The minimum absolute atomic E-state index is 0.876. The molecule has 0 unspecified atom stereocenters. The highest BCUT2D eigenvalue weighted by Gasteiger charge is 2.10. The summed E-state index contributed by atoms with van der Waals surface area (Å²) in [7, 11) is 0. The fourth-order valence-corrected chi connectivity index (χ4v) is 2.23. The van der Waals surface area contributed by atoms with Crippen molar-refractivity contribution in [2.24, 2.45) is 0 Å². The fourth-order valence-electron chi connectivity index (χ4n) is 2.23. The molecule has 0 atom stereocenters. The number of nitrogens with zero attached hydrogens (tertiary/aromatic N) is 2. The quantitative estimate of drug-likeness (QED) is 0.491. The van der Waals surface area contributed by atoms with E-state index in [1.54, 1.807) is 4.90 Å². The van der Waals surface area contributed by atoms with Gasteiger partial charge in [-0.05, 0) is 23.6 Å². The maximum atomic E-state index is 9.47. The number of rotatable bonds is 2. The summed E-state index contributed by atoms with van der Waals surface area (Å²) in [5.74, 6) is 0. The second-order valence-electron chi connectivity index (χ2n) is 4.27. The molecule has 2 heteroatoms. The molecule has 90 valence electrons. The lowest BCUT2D eigenvalue weighted by Crippen LogP contribution is -2.08. The van der Waals surface area contributed by atoms with Crippen LogP contribution in [0.25, 0.3) is 10.8 Å². The van der Waals surface area contributed by atoms with Crippen LogP contribution in [0.2, 0.25) is 0 Å². The van der Waals surface area contributed by atoms with Crippen LogP contribution in [0, 0.1) is 11.5 Å². The van der Waals surface area contributed by atoms with Crippen molar-refractivity contribution in [3.8, 4) is 6.19 Å². The fraction of sp³-hybridized carbons (Fsp3) is 0. The van der Waals surface area contributed by atoms with Gasteiger partial charge in [0.2, 0.25) is 0 Å². The Kier molecular flexibility index (Phi) is 2.88. The van der Waals surface area contributed by atoms with Crippen LogP contribution in [0.15, 0.2) is 72.8 Å². The van der Waals surface area contributed by atoms with Crippen molar-refractivity contribution in [2.45, 2.75) is 0 Å². The van der Waals surface area contributed by atoms with Gasteiger partial charge in [0.05, 0.1) is 11.4 Å². The molecule has 0 aliphatic heterocycles. The molecule has 0 spiro atoms. The van der Waals surface area contributed by atoms with Gasteiger partial charge in [-0.25, -0.2) is 4.90 Å². The number of fused-ring (bicyclic) bond motifs is 1. The largest absolute Gasteiger partial charge is 0.247 e. The summed E-state index contributed by atoms with van der Waals surface area (Å²) >= 11 is 0. The predicted octanol–water partition coefficient (Wildman–Crippen LogP) is 4.46. The zero-order valence-corrected chi connectivity index (χ0v) is 10.3. The molecule has 0 bridgehead atoms. The highest BCUT2D eigenvalue weighted by atomic mass is 15.1. The number of para-hydroxylation sites is 1. The Morgan fingerprint density at radius 1 is 0.737 bits per heavy atom. The molecule has 0 aliphatic carbocycles. The van der Waals surface area contributed by atoms with Crippen LogP contribution in [0.1, 0.15) is 0 Å². The number of anilines is 2. The van der Waals surface area contributed by atoms with Gasteiger partial charge in [-0.15, -0.1) is 0 Å². The zero-order valence-electron chi connectivity index (χ0n) is 10.3. The van der Waals surface area contributed by atoms with Gasteiger partial charge in [-0.1, -0.05) is 54.6 Å². The summed E-state index contributed by atoms with van der Waals surface area (Å²) in [6, 6.07) is 23.8. The van der Waals surface area contributed by atoms with E-state index in [1.165, 1.54) is 0 Å². The van der Waals surface area contributed by atoms with Gasteiger partial charge < -0.3 is 0 Å². The minimum atomic E-state index is 0.876. The lowest BCUT2D eigenvalue weighted by Gasteiger charge is -2.17. The van der Waals surface area contributed by atoms with Crippen molar-refractivity contribution >= 4 is 22.1 Å². The summed E-state index contributed by atoms with van der Waals surface area (Å²) in [5, 5.41) is 11.7. The minimum Gasteiger partial charge on any atom is -0.247 e. The molecular formula is C17H12N2. The highest BCUT2D eigenvalue weighted by molar-refractivity contribution is 5.96. The molecule has 0 heterocycles. The average molecular weight is 244 g/mol. The van der Waals surface area contributed by atoms with E-state index in [-0.39, 0.29) is 0 Å². The third-order valence-corrected chi connectivity index (χ3v) is 3.12. The van der Waals surface area contributed by atoms with Crippen molar-refractivity contribution in [2.75, 3.05) is 4.90 Å². The SMILES string of the molecule is N#CN(c1ccccc1)c1cccc2ccccc12. The molecule has 3 aromatic carbocycles. The Hall–Kier alpha value is -2.79. The van der Waals surface area contributed by atoms with E-state index in [9.17, 15) is 5.26 Å². The monoisotopic (exact) mass is 244 g/mol. The molecule has 2 nitrogen and oxygen atoms in total. The molecule has 0 aromatic heterocycles. The van der Waals surface area contributed by atoms with Crippen molar-refractivity contribution < 1.29 is 0 Å². The van der Waals surface area contributed by atoms with Crippen LogP contribution in [0.5, 0.6) is 0 Å². The molecule has 0 saturated heterocycles. The first-order valence-corrected chi connectivity index (χ1v) is 6.13. The summed E-state index contributed by atoms with van der Waals surface area (Å²) in [6.45, 7) is 0. The summed E-state index contributed by atoms with van der Waals surface area (Å²) < 4.78 is 0. The molecule has 0 radical (unpaired) electrons. The summed E-state index contributed by atoms with van der Waals surface area (Å²) in [6.07, 6.45) is 2.26. The van der Waals surface area contributed by atoms with E-state index in [0.717, 1.165) is 22.1 Å². The maximum absolute atomic E-state index is 9.47. The second-order valence-corrected chi connectivity index (χ2v) is 4.27. The van der Waals surface area contributed by atoms with Crippen LogP contribution < -0.4 is 4.90 Å². The van der Waals surface area contributed by atoms with Gasteiger partial charge in [-0.2, -0.15) is 5.26 Å². The molecule has 19 heavy (non-hydrogen) atoms. The second kappa shape index (κ2) is 4.83. The lowest BCUT2D eigenvalue weighted by molar-refractivity contribution is 1.29. The van der Waals surface area contributed by atoms with Gasteiger partial charge in [0, 0.05) is 5.39 Å². The third kappa shape index (κ3) is 2.02. The number of benzene rings is 3. The number of hydrogen-bond acceptors (Lipinski definition) is 2. The molecule has 0 fully saturated rings. The van der Waals surface area contributed by atoms with Crippen LogP contribution in [0.3, 0.4) is 0 Å².